The van der Waals surface area contributed by atoms with E-state index in [9.17, 15) is 9.18 Å². The van der Waals surface area contributed by atoms with Gasteiger partial charge in [-0.25, -0.2) is 4.39 Å². The Morgan fingerprint density at radius 1 is 1.16 bits per heavy atom. The summed E-state index contributed by atoms with van der Waals surface area (Å²) in [6.07, 6.45) is 0. The SMILES string of the molecule is Cc1ccc(C)n1CCNC(=O)c1ccccc1F. The molecule has 0 spiro atoms. The molecule has 0 fully saturated rings. The lowest BCUT2D eigenvalue weighted by Crippen LogP contribution is -2.28. The van der Waals surface area contributed by atoms with Crippen molar-refractivity contribution in [2.24, 2.45) is 0 Å². The highest BCUT2D eigenvalue weighted by Gasteiger charge is 2.10. The van der Waals surface area contributed by atoms with Gasteiger partial charge in [0.2, 0.25) is 0 Å². The number of benzene rings is 1. The van der Waals surface area contributed by atoms with Gasteiger partial charge in [0.15, 0.2) is 0 Å². The predicted octanol–water partition coefficient (Wildman–Crippen LogP) is 2.67. The molecule has 0 saturated heterocycles. The van der Waals surface area contributed by atoms with Crippen molar-refractivity contribution < 1.29 is 9.18 Å². The van der Waals surface area contributed by atoms with Crippen molar-refractivity contribution in [3.8, 4) is 0 Å². The van der Waals surface area contributed by atoms with Crippen molar-refractivity contribution in [2.45, 2.75) is 20.4 Å². The average Bonchev–Trinajstić information content (AvgIpc) is 2.70. The smallest absolute Gasteiger partial charge is 0.254 e. The van der Waals surface area contributed by atoms with Crippen LogP contribution in [0.3, 0.4) is 0 Å². The highest BCUT2D eigenvalue weighted by molar-refractivity contribution is 5.94. The number of rotatable bonds is 4. The Kier molecular flexibility index (Phi) is 4.00. The largest absolute Gasteiger partial charge is 0.350 e. The predicted molar refractivity (Wildman–Crippen MR) is 72.6 cm³/mol. The maximum Gasteiger partial charge on any atom is 0.254 e. The van der Waals surface area contributed by atoms with Gasteiger partial charge in [-0.3, -0.25) is 4.79 Å². The molecule has 0 aliphatic heterocycles. The molecular weight excluding hydrogens is 243 g/mol. The second kappa shape index (κ2) is 5.69. The lowest BCUT2D eigenvalue weighted by Gasteiger charge is -2.10. The van der Waals surface area contributed by atoms with Gasteiger partial charge < -0.3 is 9.88 Å². The van der Waals surface area contributed by atoms with Crippen LogP contribution in [0, 0.1) is 19.7 Å². The Labute approximate surface area is 112 Å². The van der Waals surface area contributed by atoms with E-state index in [0.29, 0.717) is 13.1 Å². The Morgan fingerprint density at radius 2 is 1.79 bits per heavy atom. The highest BCUT2D eigenvalue weighted by Crippen LogP contribution is 2.07. The number of hydrogen-bond acceptors (Lipinski definition) is 1. The van der Waals surface area contributed by atoms with E-state index >= 15 is 0 Å². The van der Waals surface area contributed by atoms with Crippen molar-refractivity contribution in [2.75, 3.05) is 6.54 Å². The van der Waals surface area contributed by atoms with E-state index < -0.39 is 5.82 Å². The molecule has 1 aromatic carbocycles. The zero-order valence-corrected chi connectivity index (χ0v) is 11.1. The minimum atomic E-state index is -0.492. The van der Waals surface area contributed by atoms with Crippen molar-refractivity contribution in [1.29, 1.82) is 0 Å². The van der Waals surface area contributed by atoms with Gasteiger partial charge in [0.25, 0.3) is 5.91 Å². The van der Waals surface area contributed by atoms with E-state index in [0.717, 1.165) is 11.4 Å². The van der Waals surface area contributed by atoms with Crippen molar-refractivity contribution in [3.63, 3.8) is 0 Å². The second-order valence-corrected chi connectivity index (χ2v) is 4.50. The van der Waals surface area contributed by atoms with Gasteiger partial charge in [-0.2, -0.15) is 0 Å². The molecule has 0 aliphatic rings. The fraction of sp³-hybridized carbons (Fsp3) is 0.267. The molecular formula is C15H17FN2O. The lowest BCUT2D eigenvalue weighted by molar-refractivity contribution is 0.0948. The average molecular weight is 260 g/mol. The van der Waals surface area contributed by atoms with Crippen LogP contribution in [-0.2, 0) is 6.54 Å². The molecule has 0 aliphatic carbocycles. The van der Waals surface area contributed by atoms with Crippen LogP contribution in [0.25, 0.3) is 0 Å². The molecule has 0 saturated carbocycles. The van der Waals surface area contributed by atoms with Crippen LogP contribution in [0.4, 0.5) is 4.39 Å². The number of amides is 1. The molecule has 19 heavy (non-hydrogen) atoms. The summed E-state index contributed by atoms with van der Waals surface area (Å²) in [4.78, 5) is 11.8. The molecule has 2 rings (SSSR count). The van der Waals surface area contributed by atoms with E-state index in [2.05, 4.69) is 9.88 Å². The van der Waals surface area contributed by atoms with Crippen LogP contribution >= 0.6 is 0 Å². The Bertz CT molecular complexity index is 570. The van der Waals surface area contributed by atoms with Gasteiger partial charge in [-0.15, -0.1) is 0 Å². The first-order valence-electron chi connectivity index (χ1n) is 6.25. The van der Waals surface area contributed by atoms with Gasteiger partial charge >= 0.3 is 0 Å². The Balaban J connectivity index is 1.93. The molecule has 1 heterocycles. The number of nitrogens with zero attached hydrogens (tertiary/aromatic N) is 1. The van der Waals surface area contributed by atoms with Crippen LogP contribution in [0.2, 0.25) is 0 Å². The Morgan fingerprint density at radius 3 is 2.42 bits per heavy atom. The standard InChI is InChI=1S/C15H17FN2O/c1-11-7-8-12(2)18(11)10-9-17-15(19)13-5-3-4-6-14(13)16/h3-8H,9-10H2,1-2H3,(H,17,19). The van der Waals surface area contributed by atoms with Crippen molar-refractivity contribution >= 4 is 5.91 Å². The first-order valence-corrected chi connectivity index (χ1v) is 6.25. The topological polar surface area (TPSA) is 34.0 Å². The van der Waals surface area contributed by atoms with Gasteiger partial charge in [0.1, 0.15) is 5.82 Å². The monoisotopic (exact) mass is 260 g/mol. The fourth-order valence-electron chi connectivity index (χ4n) is 2.07. The molecule has 0 unspecified atom stereocenters. The number of aryl methyl sites for hydroxylation is 2. The third kappa shape index (κ3) is 3.02. The minimum absolute atomic E-state index is 0.0865. The van der Waals surface area contributed by atoms with Crippen LogP contribution in [0.15, 0.2) is 36.4 Å². The van der Waals surface area contributed by atoms with E-state index in [4.69, 9.17) is 0 Å². The number of hydrogen-bond donors (Lipinski definition) is 1. The molecule has 0 radical (unpaired) electrons. The van der Waals surface area contributed by atoms with E-state index in [-0.39, 0.29) is 11.5 Å². The number of nitrogens with one attached hydrogen (secondary N) is 1. The molecule has 0 bridgehead atoms. The minimum Gasteiger partial charge on any atom is -0.350 e. The van der Waals surface area contributed by atoms with Gasteiger partial charge in [-0.1, -0.05) is 12.1 Å². The molecule has 1 N–H and O–H groups in total. The Hall–Kier alpha value is -2.10. The lowest BCUT2D eigenvalue weighted by atomic mass is 10.2. The van der Waals surface area contributed by atoms with Crippen LogP contribution in [0.1, 0.15) is 21.7 Å². The first kappa shape index (κ1) is 13.3. The summed E-state index contributed by atoms with van der Waals surface area (Å²) in [5, 5.41) is 2.73. The molecule has 1 amide bonds. The van der Waals surface area contributed by atoms with Crippen molar-refractivity contribution in [1.82, 2.24) is 9.88 Å². The normalized spacial score (nSPS) is 10.5. The zero-order chi connectivity index (χ0) is 13.8. The van der Waals surface area contributed by atoms with Crippen LogP contribution in [-0.4, -0.2) is 17.0 Å². The van der Waals surface area contributed by atoms with E-state index in [1.807, 2.05) is 26.0 Å². The summed E-state index contributed by atoms with van der Waals surface area (Å²) >= 11 is 0. The number of carbonyl (C=O) groups is 1. The molecule has 4 heteroatoms. The molecule has 3 nitrogen and oxygen atoms in total. The van der Waals surface area contributed by atoms with E-state index in [1.165, 1.54) is 12.1 Å². The summed E-state index contributed by atoms with van der Waals surface area (Å²) in [5.74, 6) is -0.867. The second-order valence-electron chi connectivity index (χ2n) is 4.50. The van der Waals surface area contributed by atoms with Crippen molar-refractivity contribution in [3.05, 3.63) is 59.2 Å². The summed E-state index contributed by atoms with van der Waals surface area (Å²) in [6, 6.07) is 10.1. The van der Waals surface area contributed by atoms with Gasteiger partial charge in [-0.05, 0) is 38.1 Å². The van der Waals surface area contributed by atoms with Gasteiger partial charge in [0, 0.05) is 24.5 Å². The highest BCUT2D eigenvalue weighted by atomic mass is 19.1. The third-order valence-electron chi connectivity index (χ3n) is 3.16. The quantitative estimate of drug-likeness (QED) is 0.901. The summed E-state index contributed by atoms with van der Waals surface area (Å²) < 4.78 is 15.5. The molecule has 1 aromatic heterocycles. The van der Waals surface area contributed by atoms with Crippen LogP contribution < -0.4 is 5.32 Å². The summed E-state index contributed by atoms with van der Waals surface area (Å²) in [7, 11) is 0. The molecule has 0 atom stereocenters. The number of carbonyl (C=O) groups excluding carboxylic acids is 1. The van der Waals surface area contributed by atoms with Crippen LogP contribution in [0.5, 0.6) is 0 Å². The number of aromatic nitrogens is 1. The summed E-state index contributed by atoms with van der Waals surface area (Å²) in [5.41, 5.74) is 2.39. The third-order valence-corrected chi connectivity index (χ3v) is 3.16. The van der Waals surface area contributed by atoms with E-state index in [1.54, 1.807) is 12.1 Å². The maximum atomic E-state index is 13.4. The summed E-state index contributed by atoms with van der Waals surface area (Å²) in [6.45, 7) is 5.20. The fourth-order valence-corrected chi connectivity index (χ4v) is 2.07. The first-order chi connectivity index (χ1) is 9.09. The van der Waals surface area contributed by atoms with Gasteiger partial charge in [0.05, 0.1) is 5.56 Å². The molecule has 100 valence electrons. The molecule has 2 aromatic rings. The zero-order valence-electron chi connectivity index (χ0n) is 11.1. The maximum absolute atomic E-state index is 13.4. The number of halogens is 1.